The molecule has 5 nitrogen and oxygen atoms in total. The van der Waals surface area contributed by atoms with Crippen LogP contribution in [0, 0.1) is 0 Å². The predicted octanol–water partition coefficient (Wildman–Crippen LogP) is 4.01. The van der Waals surface area contributed by atoms with E-state index in [2.05, 4.69) is 35.1 Å². The number of ether oxygens (including phenoxy) is 1. The lowest BCUT2D eigenvalue weighted by Crippen LogP contribution is -2.31. The fourth-order valence-electron chi connectivity index (χ4n) is 3.38. The van der Waals surface area contributed by atoms with Crippen LogP contribution in [-0.2, 0) is 9.53 Å². The van der Waals surface area contributed by atoms with Gasteiger partial charge >= 0.3 is 6.09 Å². The Morgan fingerprint density at radius 3 is 2.07 bits per heavy atom. The quantitative estimate of drug-likeness (QED) is 0.677. The standard InChI is InChI=1S/C22H17N2O3/c25-13-15-9-11-16(12-10-15)23-24-22(26)27-14-21-19-7-3-1-5-17(19)18-6-2-4-8-20(18)21/h1-12,21,23H,14H2,(H,24,26). The number of benzene rings is 3. The van der Waals surface area contributed by atoms with Gasteiger partial charge in [-0.2, -0.15) is 0 Å². The summed E-state index contributed by atoms with van der Waals surface area (Å²) in [7, 11) is 0. The number of hydrogen-bond donors (Lipinski definition) is 2. The summed E-state index contributed by atoms with van der Waals surface area (Å²) in [5, 5.41) is 0. The molecule has 0 atom stereocenters. The zero-order chi connectivity index (χ0) is 18.6. The van der Waals surface area contributed by atoms with Gasteiger partial charge in [-0.15, -0.1) is 0 Å². The summed E-state index contributed by atoms with van der Waals surface area (Å²) in [6.07, 6.45) is 1.23. The number of fused-ring (bicyclic) bond motifs is 3. The van der Waals surface area contributed by atoms with E-state index in [0.717, 1.165) is 0 Å². The van der Waals surface area contributed by atoms with Crippen LogP contribution < -0.4 is 10.9 Å². The summed E-state index contributed by atoms with van der Waals surface area (Å²) in [4.78, 5) is 22.6. The Morgan fingerprint density at radius 2 is 1.48 bits per heavy atom. The lowest BCUT2D eigenvalue weighted by atomic mass is 9.98. The molecule has 133 valence electrons. The van der Waals surface area contributed by atoms with E-state index in [9.17, 15) is 9.59 Å². The van der Waals surface area contributed by atoms with E-state index in [1.165, 1.54) is 22.3 Å². The normalized spacial score (nSPS) is 12.0. The molecule has 0 unspecified atom stereocenters. The van der Waals surface area contributed by atoms with Gasteiger partial charge in [0.1, 0.15) is 6.61 Å². The predicted molar refractivity (Wildman–Crippen MR) is 103 cm³/mol. The molecule has 1 amide bonds. The number of hydrazine groups is 1. The Hall–Kier alpha value is -3.60. The molecule has 1 radical (unpaired) electrons. The van der Waals surface area contributed by atoms with E-state index in [0.29, 0.717) is 11.3 Å². The summed E-state index contributed by atoms with van der Waals surface area (Å²) < 4.78 is 5.43. The third-order valence-electron chi connectivity index (χ3n) is 4.66. The molecule has 2 N–H and O–H groups in total. The fraction of sp³-hybridized carbons (Fsp3) is 0.0909. The van der Waals surface area contributed by atoms with Crippen molar-refractivity contribution in [1.82, 2.24) is 5.43 Å². The first-order valence-electron chi connectivity index (χ1n) is 8.61. The molecule has 3 aromatic carbocycles. The molecule has 0 fully saturated rings. The summed E-state index contributed by atoms with van der Waals surface area (Å²) in [6.45, 7) is 0.251. The van der Waals surface area contributed by atoms with Gasteiger partial charge in [0.15, 0.2) is 0 Å². The number of carbonyl (C=O) groups excluding carboxylic acids is 2. The molecule has 0 saturated carbocycles. The van der Waals surface area contributed by atoms with E-state index in [1.54, 1.807) is 30.6 Å². The molecule has 0 aromatic heterocycles. The molecule has 3 aromatic rings. The van der Waals surface area contributed by atoms with E-state index in [-0.39, 0.29) is 12.5 Å². The maximum atomic E-state index is 12.1. The zero-order valence-corrected chi connectivity index (χ0v) is 14.4. The number of hydrogen-bond acceptors (Lipinski definition) is 4. The molecular weight excluding hydrogens is 340 g/mol. The number of amides is 1. The highest BCUT2D eigenvalue weighted by Gasteiger charge is 2.28. The van der Waals surface area contributed by atoms with Crippen molar-refractivity contribution >= 4 is 18.1 Å². The van der Waals surface area contributed by atoms with Crippen LogP contribution in [-0.4, -0.2) is 19.0 Å². The smallest absolute Gasteiger partial charge is 0.425 e. The van der Waals surface area contributed by atoms with Crippen molar-refractivity contribution in [1.29, 1.82) is 0 Å². The number of nitrogens with one attached hydrogen (secondary N) is 2. The largest absolute Gasteiger partial charge is 0.447 e. The Morgan fingerprint density at radius 1 is 0.889 bits per heavy atom. The van der Waals surface area contributed by atoms with Crippen LogP contribution in [0.15, 0.2) is 72.8 Å². The molecule has 0 heterocycles. The maximum Gasteiger partial charge on any atom is 0.425 e. The van der Waals surface area contributed by atoms with Crippen molar-refractivity contribution in [3.8, 4) is 11.1 Å². The van der Waals surface area contributed by atoms with Crippen molar-refractivity contribution in [3.63, 3.8) is 0 Å². The summed E-state index contributed by atoms with van der Waals surface area (Å²) in [5.74, 6) is 0.0190. The van der Waals surface area contributed by atoms with Crippen molar-refractivity contribution in [2.45, 2.75) is 5.92 Å². The topological polar surface area (TPSA) is 67.4 Å². The fourth-order valence-corrected chi connectivity index (χ4v) is 3.38. The van der Waals surface area contributed by atoms with Crippen LogP contribution in [0.25, 0.3) is 11.1 Å². The van der Waals surface area contributed by atoms with Gasteiger partial charge in [0.2, 0.25) is 6.29 Å². The third-order valence-corrected chi connectivity index (χ3v) is 4.66. The van der Waals surface area contributed by atoms with Crippen LogP contribution in [0.4, 0.5) is 10.5 Å². The average molecular weight is 357 g/mol. The molecule has 5 heteroatoms. The molecule has 4 rings (SSSR count). The number of carbonyl (C=O) groups is 1. The second kappa shape index (κ2) is 7.33. The van der Waals surface area contributed by atoms with Crippen LogP contribution >= 0.6 is 0 Å². The Balaban J connectivity index is 1.39. The van der Waals surface area contributed by atoms with Gasteiger partial charge in [0.05, 0.1) is 5.69 Å². The molecule has 0 spiro atoms. The van der Waals surface area contributed by atoms with Crippen molar-refractivity contribution in [3.05, 3.63) is 89.5 Å². The second-order valence-corrected chi connectivity index (χ2v) is 6.25. The minimum Gasteiger partial charge on any atom is -0.447 e. The average Bonchev–Trinajstić information content (AvgIpc) is 3.05. The van der Waals surface area contributed by atoms with E-state index in [1.807, 2.05) is 24.3 Å². The van der Waals surface area contributed by atoms with Crippen LogP contribution in [0.1, 0.15) is 22.6 Å². The summed E-state index contributed by atoms with van der Waals surface area (Å²) >= 11 is 0. The van der Waals surface area contributed by atoms with Crippen LogP contribution in [0.2, 0.25) is 0 Å². The SMILES string of the molecule is O=[C]c1ccc(NNC(=O)OCC2c3ccccc3-c3ccccc32)cc1. The molecule has 0 bridgehead atoms. The minimum absolute atomic E-state index is 0.0190. The van der Waals surface area contributed by atoms with Crippen molar-refractivity contribution in [2.75, 3.05) is 12.0 Å². The van der Waals surface area contributed by atoms with E-state index in [4.69, 9.17) is 4.74 Å². The van der Waals surface area contributed by atoms with Crippen LogP contribution in [0.3, 0.4) is 0 Å². The first kappa shape index (κ1) is 16.8. The van der Waals surface area contributed by atoms with Crippen molar-refractivity contribution in [2.24, 2.45) is 0 Å². The van der Waals surface area contributed by atoms with Crippen LogP contribution in [0.5, 0.6) is 0 Å². The number of rotatable bonds is 5. The lowest BCUT2D eigenvalue weighted by Gasteiger charge is -2.15. The molecule has 1 aliphatic rings. The second-order valence-electron chi connectivity index (χ2n) is 6.25. The van der Waals surface area contributed by atoms with E-state index >= 15 is 0 Å². The Kier molecular flexibility index (Phi) is 4.58. The lowest BCUT2D eigenvalue weighted by molar-refractivity contribution is 0.145. The highest BCUT2D eigenvalue weighted by Crippen LogP contribution is 2.44. The van der Waals surface area contributed by atoms with Crippen molar-refractivity contribution < 1.29 is 14.3 Å². The Labute approximate surface area is 157 Å². The first-order chi connectivity index (χ1) is 13.3. The van der Waals surface area contributed by atoms with Gasteiger partial charge in [0, 0.05) is 11.5 Å². The highest BCUT2D eigenvalue weighted by molar-refractivity contribution is 5.79. The van der Waals surface area contributed by atoms with Gasteiger partial charge in [-0.25, -0.2) is 10.2 Å². The minimum atomic E-state index is -0.567. The summed E-state index contributed by atoms with van der Waals surface area (Å²) in [6, 6.07) is 22.9. The van der Waals surface area contributed by atoms with Gasteiger partial charge in [-0.3, -0.25) is 10.2 Å². The maximum absolute atomic E-state index is 12.1. The van der Waals surface area contributed by atoms with Gasteiger partial charge in [-0.05, 0) is 46.5 Å². The summed E-state index contributed by atoms with van der Waals surface area (Å²) in [5.41, 5.74) is 11.0. The van der Waals surface area contributed by atoms with Gasteiger partial charge in [-0.1, -0.05) is 48.5 Å². The number of anilines is 1. The zero-order valence-electron chi connectivity index (χ0n) is 14.4. The molecule has 1 aliphatic carbocycles. The molecule has 27 heavy (non-hydrogen) atoms. The van der Waals surface area contributed by atoms with Gasteiger partial charge in [0.25, 0.3) is 0 Å². The first-order valence-corrected chi connectivity index (χ1v) is 8.61. The monoisotopic (exact) mass is 357 g/mol. The molecule has 0 aliphatic heterocycles. The van der Waals surface area contributed by atoms with E-state index < -0.39 is 6.09 Å². The van der Waals surface area contributed by atoms with Gasteiger partial charge < -0.3 is 4.74 Å². The Bertz CT molecular complexity index is 937. The molecule has 0 saturated heterocycles. The molecular formula is C22H17N2O3. The highest BCUT2D eigenvalue weighted by atomic mass is 16.6. The third kappa shape index (κ3) is 3.40.